The van der Waals surface area contributed by atoms with Crippen molar-refractivity contribution < 1.29 is 13.5 Å². The lowest BCUT2D eigenvalue weighted by atomic mass is 9.74. The number of aromatic nitrogens is 2. The van der Waals surface area contributed by atoms with Crippen LogP contribution in [0.2, 0.25) is 0 Å². The molecule has 192 valence electrons. The van der Waals surface area contributed by atoms with Crippen LogP contribution in [0.5, 0.6) is 0 Å². The second-order valence-electron chi connectivity index (χ2n) is 10.3. The van der Waals surface area contributed by atoms with E-state index in [1.54, 1.807) is 17.4 Å². The van der Waals surface area contributed by atoms with Gasteiger partial charge < -0.3 is 5.11 Å². The maximum absolute atomic E-state index is 13.6. The summed E-state index contributed by atoms with van der Waals surface area (Å²) < 4.78 is 30.3. The molecule has 0 radical (unpaired) electrons. The SMILES string of the molecule is Cc1cc(S(=O)(=O)N2CCCCN3C(C2)[C@H](c2ccc(-c4cccc(C)c4C)cc2)[C@H]3CO)n(C)n1. The Kier molecular flexibility index (Phi) is 6.80. The zero-order valence-corrected chi connectivity index (χ0v) is 22.4. The molecule has 0 amide bonds. The fourth-order valence-electron chi connectivity index (χ4n) is 6.04. The van der Waals surface area contributed by atoms with Gasteiger partial charge in [0.2, 0.25) is 0 Å². The van der Waals surface area contributed by atoms with E-state index >= 15 is 0 Å². The van der Waals surface area contributed by atoms with Gasteiger partial charge in [-0.25, -0.2) is 8.42 Å². The molecular formula is C28H36N4O3S. The molecular weight excluding hydrogens is 472 g/mol. The number of hydrogen-bond donors (Lipinski definition) is 1. The van der Waals surface area contributed by atoms with Crippen molar-refractivity contribution in [3.8, 4) is 11.1 Å². The first-order valence-corrected chi connectivity index (χ1v) is 14.2. The van der Waals surface area contributed by atoms with Crippen LogP contribution in [-0.2, 0) is 17.1 Å². The van der Waals surface area contributed by atoms with E-state index in [1.807, 2.05) is 6.92 Å². The number of benzene rings is 2. The molecule has 0 saturated carbocycles. The first kappa shape index (κ1) is 25.1. The molecule has 36 heavy (non-hydrogen) atoms. The highest BCUT2D eigenvalue weighted by Gasteiger charge is 2.50. The second kappa shape index (κ2) is 9.74. The van der Waals surface area contributed by atoms with Gasteiger partial charge in [-0.15, -0.1) is 0 Å². The zero-order chi connectivity index (χ0) is 25.6. The van der Waals surface area contributed by atoms with Crippen molar-refractivity contribution in [1.29, 1.82) is 0 Å². The Balaban J connectivity index is 1.44. The molecule has 0 bridgehead atoms. The summed E-state index contributed by atoms with van der Waals surface area (Å²) in [5, 5.41) is 14.8. The quantitative estimate of drug-likeness (QED) is 0.570. The number of aliphatic hydroxyl groups is 1. The second-order valence-corrected chi connectivity index (χ2v) is 12.2. The van der Waals surface area contributed by atoms with Gasteiger partial charge in [0.1, 0.15) is 0 Å². The number of aryl methyl sites for hydroxylation is 3. The molecule has 5 rings (SSSR count). The molecule has 3 heterocycles. The largest absolute Gasteiger partial charge is 0.395 e. The van der Waals surface area contributed by atoms with E-state index in [4.69, 9.17) is 0 Å². The van der Waals surface area contributed by atoms with Crippen LogP contribution < -0.4 is 0 Å². The molecule has 8 heteroatoms. The molecule has 1 N–H and O–H groups in total. The van der Waals surface area contributed by atoms with Crippen molar-refractivity contribution in [2.24, 2.45) is 7.05 Å². The van der Waals surface area contributed by atoms with Gasteiger partial charge in [0.05, 0.1) is 12.3 Å². The standard InChI is InChI=1S/C28H36N4O3S/c1-19-8-7-9-24(21(19)3)22-10-12-23(13-11-22)28-25-17-31(14-5-6-15-32(25)26(28)18-33)36(34,35)27-16-20(2)29-30(27)4/h7-13,16,25-26,28,33H,5-6,14-15,17-18H2,1-4H3/t25?,26-,28+/m1/s1. The molecule has 1 unspecified atom stereocenters. The van der Waals surface area contributed by atoms with E-state index < -0.39 is 10.0 Å². The van der Waals surface area contributed by atoms with Gasteiger partial charge in [-0.05, 0) is 74.0 Å². The fourth-order valence-corrected chi connectivity index (χ4v) is 7.71. The van der Waals surface area contributed by atoms with Gasteiger partial charge in [0, 0.05) is 38.1 Å². The number of rotatable bonds is 5. The summed E-state index contributed by atoms with van der Waals surface area (Å²) in [6.07, 6.45) is 1.70. The fraction of sp³-hybridized carbons (Fsp3) is 0.464. The number of nitrogens with zero attached hydrogens (tertiary/aromatic N) is 4. The van der Waals surface area contributed by atoms with Crippen molar-refractivity contribution >= 4 is 10.0 Å². The van der Waals surface area contributed by atoms with Crippen LogP contribution in [0.1, 0.15) is 41.1 Å². The van der Waals surface area contributed by atoms with Crippen LogP contribution in [0, 0.1) is 20.8 Å². The van der Waals surface area contributed by atoms with Crippen LogP contribution in [0.4, 0.5) is 0 Å². The summed E-state index contributed by atoms with van der Waals surface area (Å²) in [4.78, 5) is 2.31. The highest BCUT2D eigenvalue weighted by atomic mass is 32.2. The minimum absolute atomic E-state index is 0.00292. The van der Waals surface area contributed by atoms with Gasteiger partial charge in [-0.2, -0.15) is 9.40 Å². The van der Waals surface area contributed by atoms with Crippen LogP contribution in [0.15, 0.2) is 53.6 Å². The average Bonchev–Trinajstić information content (AvgIpc) is 3.19. The molecule has 2 fully saturated rings. The lowest BCUT2D eigenvalue weighted by Gasteiger charge is -2.57. The summed E-state index contributed by atoms with van der Waals surface area (Å²) in [5.41, 5.74) is 6.79. The third-order valence-electron chi connectivity index (χ3n) is 8.11. The Bertz CT molecular complexity index is 1350. The predicted octanol–water partition coefficient (Wildman–Crippen LogP) is 3.63. The van der Waals surface area contributed by atoms with Crippen LogP contribution in [0.3, 0.4) is 0 Å². The number of sulfonamides is 1. The minimum Gasteiger partial charge on any atom is -0.395 e. The van der Waals surface area contributed by atoms with Crippen molar-refractivity contribution in [2.45, 2.75) is 56.6 Å². The Labute approximate surface area is 214 Å². The lowest BCUT2D eigenvalue weighted by molar-refractivity contribution is -0.0554. The maximum Gasteiger partial charge on any atom is 0.260 e. The van der Waals surface area contributed by atoms with Gasteiger partial charge in [-0.1, -0.05) is 42.5 Å². The Morgan fingerprint density at radius 3 is 2.42 bits per heavy atom. The summed E-state index contributed by atoms with van der Waals surface area (Å²) in [5.74, 6) is 0.0757. The van der Waals surface area contributed by atoms with E-state index in [0.29, 0.717) is 18.8 Å². The first-order valence-electron chi connectivity index (χ1n) is 12.8. The summed E-state index contributed by atoms with van der Waals surface area (Å²) in [6.45, 7) is 7.94. The Morgan fingerprint density at radius 1 is 1.03 bits per heavy atom. The molecule has 0 aliphatic carbocycles. The highest BCUT2D eigenvalue weighted by Crippen LogP contribution is 2.43. The van der Waals surface area contributed by atoms with Crippen molar-refractivity contribution in [3.63, 3.8) is 0 Å². The van der Waals surface area contributed by atoms with Gasteiger partial charge in [-0.3, -0.25) is 9.58 Å². The van der Waals surface area contributed by atoms with E-state index in [-0.39, 0.29) is 29.6 Å². The first-order chi connectivity index (χ1) is 17.2. The van der Waals surface area contributed by atoms with E-state index in [9.17, 15) is 13.5 Å². The molecule has 2 aliphatic rings. The van der Waals surface area contributed by atoms with Crippen molar-refractivity contribution in [1.82, 2.24) is 19.0 Å². The smallest absolute Gasteiger partial charge is 0.260 e. The minimum atomic E-state index is -3.67. The zero-order valence-electron chi connectivity index (χ0n) is 21.6. The molecule has 2 aliphatic heterocycles. The predicted molar refractivity (Wildman–Crippen MR) is 141 cm³/mol. The average molecular weight is 509 g/mol. The number of fused-ring (bicyclic) bond motifs is 1. The van der Waals surface area contributed by atoms with E-state index in [1.165, 1.54) is 26.9 Å². The van der Waals surface area contributed by atoms with Crippen LogP contribution >= 0.6 is 0 Å². The Morgan fingerprint density at radius 2 is 1.75 bits per heavy atom. The molecule has 0 spiro atoms. The number of aliphatic hydroxyl groups excluding tert-OH is 1. The van der Waals surface area contributed by atoms with Gasteiger partial charge in [0.15, 0.2) is 5.03 Å². The molecule has 2 aromatic carbocycles. The topological polar surface area (TPSA) is 78.7 Å². The summed E-state index contributed by atoms with van der Waals surface area (Å²) >= 11 is 0. The number of hydrogen-bond acceptors (Lipinski definition) is 5. The van der Waals surface area contributed by atoms with E-state index in [2.05, 4.69) is 66.3 Å². The van der Waals surface area contributed by atoms with Crippen LogP contribution in [0.25, 0.3) is 11.1 Å². The molecule has 7 nitrogen and oxygen atoms in total. The molecule has 1 aromatic heterocycles. The Hall–Kier alpha value is -2.52. The summed E-state index contributed by atoms with van der Waals surface area (Å²) in [6, 6.07) is 16.7. The third kappa shape index (κ3) is 4.30. The normalized spacial score (nSPS) is 23.5. The van der Waals surface area contributed by atoms with Gasteiger partial charge >= 0.3 is 0 Å². The van der Waals surface area contributed by atoms with Crippen LogP contribution in [-0.4, -0.2) is 70.8 Å². The lowest BCUT2D eigenvalue weighted by Crippen LogP contribution is -2.67. The molecule has 2 saturated heterocycles. The van der Waals surface area contributed by atoms with Crippen molar-refractivity contribution in [2.75, 3.05) is 26.2 Å². The summed E-state index contributed by atoms with van der Waals surface area (Å²) in [7, 11) is -1.99. The van der Waals surface area contributed by atoms with Gasteiger partial charge in [0.25, 0.3) is 10.0 Å². The maximum atomic E-state index is 13.6. The highest BCUT2D eigenvalue weighted by molar-refractivity contribution is 7.89. The molecule has 3 atom stereocenters. The molecule has 3 aromatic rings. The third-order valence-corrected chi connectivity index (χ3v) is 10.0. The monoisotopic (exact) mass is 508 g/mol. The van der Waals surface area contributed by atoms with E-state index in [0.717, 1.165) is 24.9 Å². The van der Waals surface area contributed by atoms with Crippen molar-refractivity contribution in [3.05, 3.63) is 70.9 Å².